The number of fused-ring (bicyclic) bond motifs is 4. The fourth-order valence-corrected chi connectivity index (χ4v) is 7.56. The van der Waals surface area contributed by atoms with Crippen molar-refractivity contribution in [3.63, 3.8) is 0 Å². The average Bonchev–Trinajstić information content (AvgIpc) is 3.13. The van der Waals surface area contributed by atoms with Gasteiger partial charge < -0.3 is 4.90 Å². The maximum absolute atomic E-state index is 5.23. The molecule has 46 heavy (non-hydrogen) atoms. The van der Waals surface area contributed by atoms with E-state index in [0.29, 0.717) is 0 Å². The number of aromatic nitrogens is 2. The number of rotatable bonds is 4. The van der Waals surface area contributed by atoms with Gasteiger partial charge in [0, 0.05) is 32.0 Å². The highest BCUT2D eigenvalue weighted by Gasteiger charge is 2.25. The molecule has 2 heterocycles. The predicted molar refractivity (Wildman–Crippen MR) is 192 cm³/mol. The third-order valence-electron chi connectivity index (χ3n) is 8.66. The first kappa shape index (κ1) is 26.7. The molecule has 0 amide bonds. The van der Waals surface area contributed by atoms with Crippen molar-refractivity contribution in [2.45, 2.75) is 9.79 Å². The zero-order valence-electron chi connectivity index (χ0n) is 24.8. The molecule has 0 spiro atoms. The molecule has 3 nitrogen and oxygen atoms in total. The van der Waals surface area contributed by atoms with Gasteiger partial charge in [0.1, 0.15) is 0 Å². The van der Waals surface area contributed by atoms with Crippen LogP contribution in [0.3, 0.4) is 0 Å². The van der Waals surface area contributed by atoms with Gasteiger partial charge in [-0.2, -0.15) is 0 Å². The van der Waals surface area contributed by atoms with Crippen LogP contribution >= 0.6 is 11.8 Å². The topological polar surface area (TPSA) is 29.0 Å². The molecular formula is C42H27N3S. The zero-order valence-corrected chi connectivity index (χ0v) is 25.7. The van der Waals surface area contributed by atoms with Gasteiger partial charge in [0.15, 0.2) is 5.82 Å². The van der Waals surface area contributed by atoms with E-state index >= 15 is 0 Å². The highest BCUT2D eigenvalue weighted by molar-refractivity contribution is 7.99. The second kappa shape index (κ2) is 11.0. The van der Waals surface area contributed by atoms with Crippen LogP contribution in [0.25, 0.3) is 55.4 Å². The summed E-state index contributed by atoms with van der Waals surface area (Å²) in [6.45, 7) is 0. The lowest BCUT2D eigenvalue weighted by atomic mass is 9.96. The lowest BCUT2D eigenvalue weighted by Crippen LogP contribution is -2.14. The molecule has 0 saturated heterocycles. The quantitative estimate of drug-likeness (QED) is 0.200. The minimum absolute atomic E-state index is 0.723. The first-order valence-electron chi connectivity index (χ1n) is 15.4. The molecule has 0 radical (unpaired) electrons. The molecule has 1 aliphatic heterocycles. The summed E-state index contributed by atoms with van der Waals surface area (Å²) in [5.41, 5.74) is 9.84. The highest BCUT2D eigenvalue weighted by Crippen LogP contribution is 2.52. The Labute approximate surface area is 271 Å². The molecular weight excluding hydrogens is 579 g/mol. The Balaban J connectivity index is 1.15. The first-order valence-corrected chi connectivity index (χ1v) is 16.2. The van der Waals surface area contributed by atoms with Crippen LogP contribution in [0.15, 0.2) is 174 Å². The fourth-order valence-electron chi connectivity index (χ4n) is 6.46. The summed E-state index contributed by atoms with van der Waals surface area (Å²) in [7, 11) is 0. The molecule has 0 fully saturated rings. The molecule has 1 aromatic heterocycles. The molecule has 0 N–H and O–H groups in total. The van der Waals surface area contributed by atoms with Crippen molar-refractivity contribution >= 4 is 50.5 Å². The third kappa shape index (κ3) is 4.54. The van der Waals surface area contributed by atoms with E-state index in [1.807, 2.05) is 6.07 Å². The number of nitrogens with zero attached hydrogens (tertiary/aromatic N) is 3. The van der Waals surface area contributed by atoms with Gasteiger partial charge in [-0.1, -0.05) is 127 Å². The van der Waals surface area contributed by atoms with Gasteiger partial charge in [-0.05, 0) is 70.4 Å². The van der Waals surface area contributed by atoms with E-state index in [-0.39, 0.29) is 0 Å². The van der Waals surface area contributed by atoms with Crippen molar-refractivity contribution in [1.82, 2.24) is 9.97 Å². The van der Waals surface area contributed by atoms with Crippen LogP contribution in [0.4, 0.5) is 17.1 Å². The number of para-hydroxylation sites is 3. The van der Waals surface area contributed by atoms with Crippen molar-refractivity contribution in [2.75, 3.05) is 4.90 Å². The molecule has 1 aliphatic rings. The molecule has 0 aliphatic carbocycles. The van der Waals surface area contributed by atoms with Crippen LogP contribution in [-0.4, -0.2) is 9.97 Å². The molecule has 9 rings (SSSR count). The van der Waals surface area contributed by atoms with Gasteiger partial charge in [-0.3, -0.25) is 0 Å². The second-order valence-electron chi connectivity index (χ2n) is 11.4. The van der Waals surface area contributed by atoms with E-state index in [2.05, 4.69) is 163 Å². The van der Waals surface area contributed by atoms with E-state index in [0.717, 1.165) is 44.9 Å². The molecule has 7 aromatic carbocycles. The highest BCUT2D eigenvalue weighted by atomic mass is 32.2. The van der Waals surface area contributed by atoms with E-state index in [1.165, 1.54) is 37.4 Å². The summed E-state index contributed by atoms with van der Waals surface area (Å²) in [4.78, 5) is 15.0. The number of anilines is 3. The van der Waals surface area contributed by atoms with Crippen LogP contribution in [-0.2, 0) is 0 Å². The largest absolute Gasteiger partial charge is 0.308 e. The van der Waals surface area contributed by atoms with Gasteiger partial charge in [0.05, 0.1) is 22.6 Å². The van der Waals surface area contributed by atoms with Gasteiger partial charge >= 0.3 is 0 Å². The summed E-state index contributed by atoms with van der Waals surface area (Å²) >= 11 is 1.80. The van der Waals surface area contributed by atoms with E-state index in [1.54, 1.807) is 11.8 Å². The molecule has 4 heteroatoms. The molecule has 0 bridgehead atoms. The normalized spacial score (nSPS) is 12.2. The standard InChI is InChI=1S/C42H27N3S/c1-2-13-32(14-3-1)45-37-19-8-9-20-39(37)46-40-27-31(25-26-38(40)45)42-43-36-18-7-6-16-35(36)41(44-42)30-23-21-29(22-24-30)34-17-10-12-28-11-4-5-15-33(28)34/h1-27H. The van der Waals surface area contributed by atoms with Crippen LogP contribution in [0.5, 0.6) is 0 Å². The van der Waals surface area contributed by atoms with E-state index in [4.69, 9.17) is 9.97 Å². The zero-order chi connectivity index (χ0) is 30.5. The average molecular weight is 606 g/mol. The van der Waals surface area contributed by atoms with Gasteiger partial charge in [0.2, 0.25) is 0 Å². The van der Waals surface area contributed by atoms with Crippen molar-refractivity contribution in [2.24, 2.45) is 0 Å². The lowest BCUT2D eigenvalue weighted by molar-refractivity contribution is 1.16. The second-order valence-corrected chi connectivity index (χ2v) is 12.5. The van der Waals surface area contributed by atoms with Crippen LogP contribution in [0.1, 0.15) is 0 Å². The Bertz CT molecular complexity index is 2400. The van der Waals surface area contributed by atoms with Gasteiger partial charge in [-0.25, -0.2) is 9.97 Å². The Hall–Kier alpha value is -5.71. The first-order chi connectivity index (χ1) is 22.8. The van der Waals surface area contributed by atoms with Gasteiger partial charge in [0.25, 0.3) is 0 Å². The van der Waals surface area contributed by atoms with E-state index in [9.17, 15) is 0 Å². The molecule has 0 saturated carbocycles. The van der Waals surface area contributed by atoms with Crippen LogP contribution in [0.2, 0.25) is 0 Å². The van der Waals surface area contributed by atoms with Crippen molar-refractivity contribution in [3.8, 4) is 33.8 Å². The smallest absolute Gasteiger partial charge is 0.160 e. The summed E-state index contributed by atoms with van der Waals surface area (Å²) < 4.78 is 0. The predicted octanol–water partition coefficient (Wildman–Crippen LogP) is 11.7. The number of hydrogen-bond acceptors (Lipinski definition) is 4. The minimum Gasteiger partial charge on any atom is -0.308 e. The monoisotopic (exact) mass is 605 g/mol. The summed E-state index contributed by atoms with van der Waals surface area (Å²) in [5, 5.41) is 3.54. The number of benzene rings is 7. The Morgan fingerprint density at radius 3 is 2.02 bits per heavy atom. The van der Waals surface area contributed by atoms with Crippen molar-refractivity contribution in [3.05, 3.63) is 164 Å². The Morgan fingerprint density at radius 1 is 0.457 bits per heavy atom. The Kier molecular flexibility index (Phi) is 6.39. The molecule has 8 aromatic rings. The van der Waals surface area contributed by atoms with Crippen molar-refractivity contribution in [1.29, 1.82) is 0 Å². The molecule has 0 atom stereocenters. The summed E-state index contributed by atoms with van der Waals surface area (Å²) in [6, 6.07) is 57.9. The summed E-state index contributed by atoms with van der Waals surface area (Å²) in [5.74, 6) is 0.723. The molecule has 0 unspecified atom stereocenters. The third-order valence-corrected chi connectivity index (χ3v) is 9.77. The van der Waals surface area contributed by atoms with Crippen LogP contribution < -0.4 is 4.90 Å². The Morgan fingerprint density at radius 2 is 1.13 bits per heavy atom. The summed E-state index contributed by atoms with van der Waals surface area (Å²) in [6.07, 6.45) is 0. The molecule has 216 valence electrons. The van der Waals surface area contributed by atoms with Crippen LogP contribution in [0, 0.1) is 0 Å². The minimum atomic E-state index is 0.723. The SMILES string of the molecule is c1ccc(N2c3ccccc3Sc3cc(-c4nc(-c5ccc(-c6cccc7ccccc67)cc5)c5ccccc5n4)ccc32)cc1. The van der Waals surface area contributed by atoms with Crippen molar-refractivity contribution < 1.29 is 0 Å². The maximum atomic E-state index is 5.23. The van der Waals surface area contributed by atoms with E-state index < -0.39 is 0 Å². The van der Waals surface area contributed by atoms with Gasteiger partial charge in [-0.15, -0.1) is 0 Å². The maximum Gasteiger partial charge on any atom is 0.160 e. The fraction of sp³-hybridized carbons (Fsp3) is 0. The lowest BCUT2D eigenvalue weighted by Gasteiger charge is -2.33. The number of hydrogen-bond donors (Lipinski definition) is 0.